The number of aromatic nitrogens is 1. The minimum absolute atomic E-state index is 0. The molecule has 0 amide bonds. The molecule has 1 aliphatic carbocycles. The number of nitrogens with one attached hydrogen (secondary N) is 3. The van der Waals surface area contributed by atoms with Crippen molar-refractivity contribution in [3.8, 4) is 0 Å². The third-order valence-corrected chi connectivity index (χ3v) is 6.08. The van der Waals surface area contributed by atoms with Gasteiger partial charge in [-0.25, -0.2) is 0 Å². The zero-order valence-corrected chi connectivity index (χ0v) is 25.4. The number of H-pyrrole nitrogens is 1. The van der Waals surface area contributed by atoms with Crippen molar-refractivity contribution >= 4 is 32.7 Å². The Balaban J connectivity index is 0.00000256. The standard InChI is InChI=1S/C24H27BrN3O.Bh/c25-18-12-11-17-7-2-1-3-9-21(20(17)15-18)26-13-6-14-27-24-16-23(29)19-8-4-5-10-22(19)28-24;/h4-5,8,10,12,15-16,21,26H,1-3,6-7,9,13-14H2,(H2,27,28,29);/q-1;. The minimum atomic E-state index is 0. The molecule has 1 aromatic heterocycles. The van der Waals surface area contributed by atoms with Crippen LogP contribution in [-0.2, 0) is 6.42 Å². The van der Waals surface area contributed by atoms with Crippen molar-refractivity contribution in [2.24, 2.45) is 0 Å². The smallest absolute Gasteiger partial charge is 0.191 e. The Morgan fingerprint density at radius 1 is 1.13 bits per heavy atom. The number of benzene rings is 2. The molecular formula is C24H27BhBrN3O-. The van der Waals surface area contributed by atoms with E-state index in [-0.39, 0.29) is 5.43 Å². The molecule has 1 heterocycles. The molecule has 0 radical (unpaired) electrons. The van der Waals surface area contributed by atoms with Gasteiger partial charge in [0.05, 0.1) is 5.52 Å². The molecule has 0 spiro atoms. The van der Waals surface area contributed by atoms with E-state index >= 15 is 0 Å². The molecule has 0 fully saturated rings. The molecule has 0 bridgehead atoms. The molecule has 0 saturated heterocycles. The van der Waals surface area contributed by atoms with E-state index in [9.17, 15) is 4.79 Å². The molecule has 4 rings (SSSR count). The predicted molar refractivity (Wildman–Crippen MR) is 124 cm³/mol. The van der Waals surface area contributed by atoms with Gasteiger partial charge in [0.1, 0.15) is 5.82 Å². The maximum absolute atomic E-state index is 12.2. The molecule has 3 aromatic rings. The molecule has 2 aromatic carbocycles. The van der Waals surface area contributed by atoms with E-state index in [2.05, 4.69) is 43.7 Å². The van der Waals surface area contributed by atoms with E-state index in [1.165, 1.54) is 36.8 Å². The summed E-state index contributed by atoms with van der Waals surface area (Å²) in [7, 11) is 0. The van der Waals surface area contributed by atoms with Crippen molar-refractivity contribution in [2.75, 3.05) is 18.4 Å². The Labute approximate surface area is 180 Å². The Morgan fingerprint density at radius 2 is 2.00 bits per heavy atom. The van der Waals surface area contributed by atoms with Gasteiger partial charge in [-0.05, 0) is 37.6 Å². The Kier molecular flexibility index (Phi) is 7.26. The average molecular weight is 723 g/mol. The van der Waals surface area contributed by atoms with E-state index in [4.69, 9.17) is 0 Å². The zero-order valence-electron chi connectivity index (χ0n) is 17.3. The van der Waals surface area contributed by atoms with Crippen LogP contribution in [0, 0.1) is 6.07 Å². The van der Waals surface area contributed by atoms with Gasteiger partial charge in [0.2, 0.25) is 0 Å². The van der Waals surface area contributed by atoms with Crippen molar-refractivity contribution in [2.45, 2.75) is 44.6 Å². The van der Waals surface area contributed by atoms with Crippen molar-refractivity contribution in [3.05, 3.63) is 74.4 Å². The molecule has 4 nitrogen and oxygen atoms in total. The van der Waals surface area contributed by atoms with Gasteiger partial charge in [0.25, 0.3) is 0 Å². The number of hydrogen-bond donors (Lipinski definition) is 3. The molecule has 0 aliphatic heterocycles. The van der Waals surface area contributed by atoms with Crippen molar-refractivity contribution < 1.29 is 0 Å². The second-order valence-corrected chi connectivity index (χ2v) is 8.65. The van der Waals surface area contributed by atoms with Gasteiger partial charge in [-0.2, -0.15) is 23.8 Å². The quantitative estimate of drug-likeness (QED) is 0.238. The third kappa shape index (κ3) is 5.08. The molecule has 154 valence electrons. The predicted octanol–water partition coefficient (Wildman–Crippen LogP) is 5.34. The van der Waals surface area contributed by atoms with Crippen LogP contribution in [0.2, 0.25) is 0 Å². The van der Waals surface area contributed by atoms with Crippen LogP contribution < -0.4 is 16.1 Å². The van der Waals surface area contributed by atoms with Gasteiger partial charge in [0, 0.05) is 18.0 Å². The minimum Gasteiger partial charge on any atom is -0.371 e. The first-order valence-electron chi connectivity index (χ1n) is 10.5. The van der Waals surface area contributed by atoms with E-state index < -0.39 is 0 Å². The summed E-state index contributed by atoms with van der Waals surface area (Å²) in [5, 5.41) is 7.83. The fourth-order valence-corrected chi connectivity index (χ4v) is 4.48. The third-order valence-electron chi connectivity index (χ3n) is 5.62. The van der Waals surface area contributed by atoms with Crippen LogP contribution in [0.15, 0.2) is 51.7 Å². The summed E-state index contributed by atoms with van der Waals surface area (Å²) in [6, 6.07) is 17.4. The summed E-state index contributed by atoms with van der Waals surface area (Å²) in [6.45, 7) is 1.74. The molecule has 6 heteroatoms. The first-order valence-corrected chi connectivity index (χ1v) is 11.3. The summed E-state index contributed by atoms with van der Waals surface area (Å²) in [6.07, 6.45) is 7.09. The van der Waals surface area contributed by atoms with Crippen molar-refractivity contribution in [1.29, 1.82) is 0 Å². The first-order chi connectivity index (χ1) is 14.2. The van der Waals surface area contributed by atoms with Gasteiger partial charge in [0.15, 0.2) is 5.43 Å². The van der Waals surface area contributed by atoms with Gasteiger partial charge in [-0.3, -0.25) is 4.79 Å². The normalized spacial score (nSPS) is 16.2. The second kappa shape index (κ2) is 10.1. The van der Waals surface area contributed by atoms with Crippen LogP contribution in [0.1, 0.15) is 49.3 Å². The monoisotopic (exact) mass is 722 g/mol. The fourth-order valence-electron chi connectivity index (χ4n) is 4.12. The van der Waals surface area contributed by atoms with Crippen LogP contribution in [0.4, 0.5) is 5.82 Å². The first kappa shape index (κ1) is 21.6. The van der Waals surface area contributed by atoms with Gasteiger partial charge >= 0.3 is 0 Å². The van der Waals surface area contributed by atoms with Crippen LogP contribution in [-0.4, -0.2) is 18.1 Å². The maximum Gasteiger partial charge on any atom is 0.191 e. The summed E-state index contributed by atoms with van der Waals surface area (Å²) in [4.78, 5) is 15.5. The van der Waals surface area contributed by atoms with Crippen molar-refractivity contribution in [1.82, 2.24) is 10.3 Å². The van der Waals surface area contributed by atoms with Crippen LogP contribution in [0.3, 0.4) is 0 Å². The van der Waals surface area contributed by atoms with Crippen LogP contribution in [0.25, 0.3) is 10.9 Å². The maximum atomic E-state index is 12.2. The van der Waals surface area contributed by atoms with Crippen molar-refractivity contribution in [3.63, 3.8) is 0 Å². The summed E-state index contributed by atoms with van der Waals surface area (Å²) in [5.41, 5.74) is 3.67. The largest absolute Gasteiger partial charge is 0.371 e. The Morgan fingerprint density at radius 3 is 2.90 bits per heavy atom. The SMILES string of the molecule is O=c1cc(NCCCNC2CCCCCc3[c-]cc(Br)cc32)[nH]c2ccccc12.[Bh]. The molecule has 0 saturated carbocycles. The van der Waals surface area contributed by atoms with E-state index in [1.807, 2.05) is 30.3 Å². The second-order valence-electron chi connectivity index (χ2n) is 7.73. The number of rotatable bonds is 6. The molecule has 3 N–H and O–H groups in total. The Bertz CT molecular complexity index is 1040. The number of hydrogen-bond acceptors (Lipinski definition) is 3. The number of pyridine rings is 1. The van der Waals surface area contributed by atoms with E-state index in [0.717, 1.165) is 47.1 Å². The number of aromatic amines is 1. The molecule has 1 atom stereocenters. The summed E-state index contributed by atoms with van der Waals surface area (Å²) >= 11 is 3.61. The molecule has 1 unspecified atom stereocenters. The Hall–Kier alpha value is -3.11. The number of halogens is 1. The van der Waals surface area contributed by atoms with Gasteiger partial charge in [-0.1, -0.05) is 42.3 Å². The van der Waals surface area contributed by atoms with E-state index in [1.54, 1.807) is 6.07 Å². The van der Waals surface area contributed by atoms with Gasteiger partial charge < -0.3 is 15.6 Å². The number of anilines is 1. The number of aryl methyl sites for hydroxylation is 1. The molecule has 1 aliphatic rings. The topological polar surface area (TPSA) is 56.9 Å². The number of fused-ring (bicyclic) bond motifs is 2. The van der Waals surface area contributed by atoms with Crippen LogP contribution in [0.5, 0.6) is 0 Å². The van der Waals surface area contributed by atoms with Crippen LogP contribution >= 0.6 is 15.9 Å². The molecule has 30 heavy (non-hydrogen) atoms. The summed E-state index contributed by atoms with van der Waals surface area (Å²) < 4.78 is 1.10. The van der Waals surface area contributed by atoms with E-state index in [0.29, 0.717) is 6.04 Å². The number of para-hydroxylation sites is 1. The zero-order chi connectivity index (χ0) is 20.1. The average Bonchev–Trinajstić information content (AvgIpc) is 2.71. The summed E-state index contributed by atoms with van der Waals surface area (Å²) in [5.74, 6) is 0.781. The fraction of sp³-hybridized carbons (Fsp3) is 0.375. The molecular weight excluding hydrogens is 696 g/mol. The van der Waals surface area contributed by atoms with Gasteiger partial charge in [-0.15, -0.1) is 21.5 Å².